The first kappa shape index (κ1) is 14.6. The fraction of sp³-hybridized carbons (Fsp3) is 0.316. The highest BCUT2D eigenvalue weighted by atomic mass is 16.5. The van der Waals surface area contributed by atoms with E-state index in [1.807, 2.05) is 6.92 Å². The lowest BCUT2D eigenvalue weighted by molar-refractivity contribution is 0.0940. The summed E-state index contributed by atoms with van der Waals surface area (Å²) in [4.78, 5) is 12.3. The van der Waals surface area contributed by atoms with E-state index < -0.39 is 0 Å². The molecule has 1 aliphatic rings. The summed E-state index contributed by atoms with van der Waals surface area (Å²) in [5.74, 6) is 0.693. The molecule has 2 aromatic rings. The average molecular weight is 295 g/mol. The summed E-state index contributed by atoms with van der Waals surface area (Å²) in [6.45, 7) is 2.03. The number of aryl methyl sites for hydroxylation is 2. The topological polar surface area (TPSA) is 38.3 Å². The van der Waals surface area contributed by atoms with Crippen LogP contribution in [0.25, 0.3) is 0 Å². The highest BCUT2D eigenvalue weighted by molar-refractivity contribution is 5.94. The van der Waals surface area contributed by atoms with Crippen molar-refractivity contribution in [3.8, 4) is 5.75 Å². The number of fused-ring (bicyclic) bond motifs is 1. The highest BCUT2D eigenvalue weighted by Crippen LogP contribution is 2.25. The third kappa shape index (κ3) is 2.98. The van der Waals surface area contributed by atoms with E-state index in [0.717, 1.165) is 12.2 Å². The van der Waals surface area contributed by atoms with Gasteiger partial charge in [0.1, 0.15) is 5.75 Å². The Bertz CT molecular complexity index is 676. The lowest BCUT2D eigenvalue weighted by Crippen LogP contribution is -2.26. The molecule has 0 fully saturated rings. The van der Waals surface area contributed by atoms with Crippen molar-refractivity contribution in [2.45, 2.75) is 32.2 Å². The second-order valence-electron chi connectivity index (χ2n) is 5.81. The molecule has 0 unspecified atom stereocenters. The van der Waals surface area contributed by atoms with E-state index in [4.69, 9.17) is 4.74 Å². The van der Waals surface area contributed by atoms with Gasteiger partial charge in [-0.15, -0.1) is 0 Å². The molecule has 0 heterocycles. The molecule has 1 aliphatic carbocycles. The van der Waals surface area contributed by atoms with Crippen LogP contribution >= 0.6 is 0 Å². The minimum absolute atomic E-state index is 0.000465. The van der Waals surface area contributed by atoms with Crippen molar-refractivity contribution in [2.24, 2.45) is 0 Å². The summed E-state index contributed by atoms with van der Waals surface area (Å²) in [5.41, 5.74) is 4.71. The first-order valence-corrected chi connectivity index (χ1v) is 7.74. The van der Waals surface area contributed by atoms with Crippen molar-refractivity contribution >= 4 is 5.91 Å². The molecular weight excluding hydrogens is 274 g/mol. The minimum atomic E-state index is -0.0596. The van der Waals surface area contributed by atoms with Gasteiger partial charge in [0.2, 0.25) is 0 Å². The maximum Gasteiger partial charge on any atom is 0.251 e. The molecule has 3 nitrogen and oxygen atoms in total. The van der Waals surface area contributed by atoms with Gasteiger partial charge in [-0.2, -0.15) is 0 Å². The Labute approximate surface area is 131 Å². The monoisotopic (exact) mass is 295 g/mol. The fourth-order valence-electron chi connectivity index (χ4n) is 2.97. The Morgan fingerprint density at radius 1 is 1.09 bits per heavy atom. The smallest absolute Gasteiger partial charge is 0.251 e. The Morgan fingerprint density at radius 2 is 1.82 bits per heavy atom. The number of ether oxygens (including phenoxy) is 1. The predicted molar refractivity (Wildman–Crippen MR) is 87.3 cm³/mol. The van der Waals surface area contributed by atoms with Crippen molar-refractivity contribution in [1.29, 1.82) is 0 Å². The molecule has 0 saturated heterocycles. The Morgan fingerprint density at radius 3 is 2.55 bits per heavy atom. The van der Waals surface area contributed by atoms with Crippen LogP contribution in [0.3, 0.4) is 0 Å². The van der Waals surface area contributed by atoms with Gasteiger partial charge in [-0.05, 0) is 67.1 Å². The van der Waals surface area contributed by atoms with Crippen molar-refractivity contribution in [3.63, 3.8) is 0 Å². The molecule has 1 N–H and O–H groups in total. The van der Waals surface area contributed by atoms with Gasteiger partial charge in [-0.25, -0.2) is 0 Å². The lowest BCUT2D eigenvalue weighted by Gasteiger charge is -2.16. The van der Waals surface area contributed by atoms with E-state index >= 15 is 0 Å². The zero-order valence-electron chi connectivity index (χ0n) is 13.1. The molecule has 3 rings (SSSR count). The first-order chi connectivity index (χ1) is 10.7. The van der Waals surface area contributed by atoms with Crippen LogP contribution in [0.5, 0.6) is 5.75 Å². The van der Waals surface area contributed by atoms with Crippen LogP contribution in [0, 0.1) is 0 Å². The Balaban J connectivity index is 1.70. The van der Waals surface area contributed by atoms with Crippen LogP contribution in [0.2, 0.25) is 0 Å². The number of benzene rings is 2. The van der Waals surface area contributed by atoms with E-state index in [1.165, 1.54) is 29.5 Å². The first-order valence-electron chi connectivity index (χ1n) is 7.74. The van der Waals surface area contributed by atoms with Gasteiger partial charge < -0.3 is 10.1 Å². The molecule has 0 saturated carbocycles. The van der Waals surface area contributed by atoms with Gasteiger partial charge >= 0.3 is 0 Å². The summed E-state index contributed by atoms with van der Waals surface area (Å²) in [7, 11) is 1.62. The van der Waals surface area contributed by atoms with E-state index in [-0.39, 0.29) is 11.9 Å². The number of carbonyl (C=O) groups is 1. The molecule has 0 aromatic heterocycles. The third-order valence-corrected chi connectivity index (χ3v) is 4.32. The number of carbonyl (C=O) groups excluding carboxylic acids is 1. The summed E-state index contributed by atoms with van der Waals surface area (Å²) >= 11 is 0. The van der Waals surface area contributed by atoms with Crippen LogP contribution in [0.1, 0.15) is 46.4 Å². The van der Waals surface area contributed by atoms with Crippen LogP contribution in [0.4, 0.5) is 0 Å². The van der Waals surface area contributed by atoms with Gasteiger partial charge in [-0.1, -0.05) is 18.2 Å². The van der Waals surface area contributed by atoms with E-state index in [0.29, 0.717) is 5.56 Å². The quantitative estimate of drug-likeness (QED) is 0.934. The summed E-state index contributed by atoms with van der Waals surface area (Å²) < 4.78 is 5.11. The van der Waals surface area contributed by atoms with Crippen LogP contribution < -0.4 is 10.1 Å². The molecular formula is C19H21NO2. The number of hydrogen-bond donors (Lipinski definition) is 1. The molecule has 2 aromatic carbocycles. The number of hydrogen-bond acceptors (Lipinski definition) is 2. The van der Waals surface area contributed by atoms with Crippen LogP contribution in [-0.4, -0.2) is 13.0 Å². The van der Waals surface area contributed by atoms with Crippen molar-refractivity contribution in [2.75, 3.05) is 7.11 Å². The minimum Gasteiger partial charge on any atom is -0.497 e. The normalized spacial score (nSPS) is 14.3. The third-order valence-electron chi connectivity index (χ3n) is 4.32. The molecule has 3 heteroatoms. The fourth-order valence-corrected chi connectivity index (χ4v) is 2.97. The second kappa shape index (κ2) is 6.22. The summed E-state index contributed by atoms with van der Waals surface area (Å²) in [6.07, 6.45) is 3.58. The van der Waals surface area contributed by atoms with Gasteiger partial charge in [0.25, 0.3) is 5.91 Å². The van der Waals surface area contributed by atoms with Crippen LogP contribution in [-0.2, 0) is 12.8 Å². The number of methoxy groups -OCH3 is 1. The Kier molecular flexibility index (Phi) is 4.14. The molecule has 114 valence electrons. The van der Waals surface area contributed by atoms with E-state index in [2.05, 4.69) is 23.5 Å². The van der Waals surface area contributed by atoms with E-state index in [1.54, 1.807) is 31.4 Å². The largest absolute Gasteiger partial charge is 0.497 e. The van der Waals surface area contributed by atoms with Crippen molar-refractivity contribution in [1.82, 2.24) is 5.32 Å². The van der Waals surface area contributed by atoms with Crippen molar-refractivity contribution < 1.29 is 9.53 Å². The van der Waals surface area contributed by atoms with E-state index in [9.17, 15) is 4.79 Å². The van der Waals surface area contributed by atoms with Gasteiger partial charge in [-0.3, -0.25) is 4.79 Å². The second-order valence-corrected chi connectivity index (χ2v) is 5.81. The predicted octanol–water partition coefficient (Wildman–Crippen LogP) is 3.67. The standard InChI is InChI=1S/C19H21NO2/c1-13(16-7-6-14-4-3-5-17(14)12-16)20-19(21)15-8-10-18(22-2)11-9-15/h6-13H,3-5H2,1-2H3,(H,20,21)/t13-/m1/s1. The van der Waals surface area contributed by atoms with Gasteiger partial charge in [0.15, 0.2) is 0 Å². The number of amides is 1. The maximum absolute atomic E-state index is 12.3. The molecule has 0 bridgehead atoms. The average Bonchev–Trinajstić information content (AvgIpc) is 3.02. The van der Waals surface area contributed by atoms with Gasteiger partial charge in [0, 0.05) is 5.56 Å². The molecule has 0 radical (unpaired) electrons. The molecule has 22 heavy (non-hydrogen) atoms. The van der Waals surface area contributed by atoms with Gasteiger partial charge in [0.05, 0.1) is 13.2 Å². The summed E-state index contributed by atoms with van der Waals surface area (Å²) in [5, 5.41) is 3.06. The van der Waals surface area contributed by atoms with Crippen LogP contribution in [0.15, 0.2) is 42.5 Å². The lowest BCUT2D eigenvalue weighted by atomic mass is 10.0. The zero-order chi connectivity index (χ0) is 15.5. The molecule has 1 amide bonds. The maximum atomic E-state index is 12.3. The molecule has 0 spiro atoms. The summed E-state index contributed by atoms with van der Waals surface area (Å²) in [6, 6.07) is 13.7. The molecule has 1 atom stereocenters. The highest BCUT2D eigenvalue weighted by Gasteiger charge is 2.15. The van der Waals surface area contributed by atoms with Crippen molar-refractivity contribution in [3.05, 3.63) is 64.7 Å². The zero-order valence-corrected chi connectivity index (χ0v) is 13.1. The molecule has 0 aliphatic heterocycles. The SMILES string of the molecule is COc1ccc(C(=O)N[C@H](C)c2ccc3c(c2)CCC3)cc1. The number of rotatable bonds is 4. The Hall–Kier alpha value is -2.29. The number of nitrogens with one attached hydrogen (secondary N) is 1.